The SMILES string of the molecule is O=c1nc(F)ccn1C1S[C@H](CO)[C@@H](O)[C@@H]1O. The van der Waals surface area contributed by atoms with Gasteiger partial charge in [0.1, 0.15) is 11.5 Å². The van der Waals surface area contributed by atoms with Crippen molar-refractivity contribution in [2.75, 3.05) is 6.61 Å². The highest BCUT2D eigenvalue weighted by molar-refractivity contribution is 8.00. The van der Waals surface area contributed by atoms with Gasteiger partial charge in [0, 0.05) is 12.3 Å². The predicted octanol–water partition coefficient (Wildman–Crippen LogP) is -1.29. The average Bonchev–Trinajstić information content (AvgIpc) is 2.57. The van der Waals surface area contributed by atoms with Gasteiger partial charge in [0.2, 0.25) is 5.95 Å². The van der Waals surface area contributed by atoms with Crippen molar-refractivity contribution in [3.8, 4) is 0 Å². The standard InChI is InChI=1S/C9H11FN2O4S/c10-5-1-2-12(9(16)11-5)8-7(15)6(14)4(3-13)17-8/h1-2,4,6-8,13-15H,3H2/t4-,6-,7+,8?/m1/s1. The van der Waals surface area contributed by atoms with Crippen LogP contribution in [0, 0.1) is 5.95 Å². The molecule has 0 spiro atoms. The molecular weight excluding hydrogens is 251 g/mol. The molecule has 1 fully saturated rings. The van der Waals surface area contributed by atoms with Crippen LogP contribution in [0.3, 0.4) is 0 Å². The topological polar surface area (TPSA) is 95.6 Å². The summed E-state index contributed by atoms with van der Waals surface area (Å²) in [6, 6.07) is 0.993. The molecule has 0 bridgehead atoms. The van der Waals surface area contributed by atoms with Gasteiger partial charge < -0.3 is 15.3 Å². The maximum Gasteiger partial charge on any atom is 0.351 e. The van der Waals surface area contributed by atoms with E-state index in [0.717, 1.165) is 28.6 Å². The summed E-state index contributed by atoms with van der Waals surface area (Å²) in [5, 5.41) is 27.0. The fraction of sp³-hybridized carbons (Fsp3) is 0.556. The number of thioether (sulfide) groups is 1. The van der Waals surface area contributed by atoms with Crippen LogP contribution in [-0.2, 0) is 0 Å². The van der Waals surface area contributed by atoms with E-state index >= 15 is 0 Å². The first-order valence-electron chi connectivity index (χ1n) is 4.91. The van der Waals surface area contributed by atoms with Crippen molar-refractivity contribution >= 4 is 11.8 Å². The minimum Gasteiger partial charge on any atom is -0.395 e. The number of nitrogens with zero attached hydrogens (tertiary/aromatic N) is 2. The Hall–Kier alpha value is -0.960. The average molecular weight is 262 g/mol. The second-order valence-electron chi connectivity index (χ2n) is 3.67. The van der Waals surface area contributed by atoms with E-state index < -0.39 is 34.5 Å². The molecule has 1 aromatic heterocycles. The fourth-order valence-electron chi connectivity index (χ4n) is 1.70. The molecule has 94 valence electrons. The molecule has 1 aliphatic heterocycles. The van der Waals surface area contributed by atoms with E-state index in [2.05, 4.69) is 4.98 Å². The molecule has 0 aliphatic carbocycles. The lowest BCUT2D eigenvalue weighted by atomic mass is 10.1. The van der Waals surface area contributed by atoms with Crippen LogP contribution >= 0.6 is 11.8 Å². The predicted molar refractivity (Wildman–Crippen MR) is 58.0 cm³/mol. The largest absolute Gasteiger partial charge is 0.395 e. The summed E-state index contributed by atoms with van der Waals surface area (Å²) in [7, 11) is 0. The Bertz CT molecular complexity index is 469. The molecule has 2 rings (SSSR count). The van der Waals surface area contributed by atoms with E-state index in [1.807, 2.05) is 0 Å². The van der Waals surface area contributed by atoms with Gasteiger partial charge in [-0.25, -0.2) is 4.79 Å². The number of aliphatic hydroxyl groups excluding tert-OH is 3. The van der Waals surface area contributed by atoms with Crippen molar-refractivity contribution in [2.45, 2.75) is 22.8 Å². The molecule has 1 aliphatic rings. The zero-order chi connectivity index (χ0) is 12.6. The van der Waals surface area contributed by atoms with Crippen molar-refractivity contribution < 1.29 is 19.7 Å². The molecular formula is C9H11FN2O4S. The van der Waals surface area contributed by atoms with Crippen LogP contribution in [0.4, 0.5) is 4.39 Å². The third kappa shape index (κ3) is 2.21. The molecule has 1 aromatic rings. The maximum absolute atomic E-state index is 12.7. The summed E-state index contributed by atoms with van der Waals surface area (Å²) in [4.78, 5) is 14.5. The molecule has 2 heterocycles. The van der Waals surface area contributed by atoms with Crippen LogP contribution < -0.4 is 5.69 Å². The minimum absolute atomic E-state index is 0.317. The van der Waals surface area contributed by atoms with Gasteiger partial charge in [-0.3, -0.25) is 4.57 Å². The molecule has 0 aromatic carbocycles. The van der Waals surface area contributed by atoms with E-state index in [1.54, 1.807) is 0 Å². The van der Waals surface area contributed by atoms with E-state index in [9.17, 15) is 19.4 Å². The van der Waals surface area contributed by atoms with Gasteiger partial charge in [-0.1, -0.05) is 0 Å². The number of halogens is 1. The Balaban J connectivity index is 2.32. The molecule has 0 saturated carbocycles. The molecule has 1 saturated heterocycles. The van der Waals surface area contributed by atoms with Crippen LogP contribution in [0.1, 0.15) is 5.37 Å². The second-order valence-corrected chi connectivity index (χ2v) is 5.03. The van der Waals surface area contributed by atoms with Gasteiger partial charge in [0.05, 0.1) is 18.0 Å². The minimum atomic E-state index is -1.21. The summed E-state index contributed by atoms with van der Waals surface area (Å²) in [6.45, 7) is -0.317. The van der Waals surface area contributed by atoms with Crippen molar-refractivity contribution in [2.24, 2.45) is 0 Å². The van der Waals surface area contributed by atoms with Gasteiger partial charge >= 0.3 is 5.69 Å². The summed E-state index contributed by atoms with van der Waals surface area (Å²) < 4.78 is 13.7. The van der Waals surface area contributed by atoms with Gasteiger partial charge in [-0.05, 0) is 0 Å². The van der Waals surface area contributed by atoms with Crippen molar-refractivity contribution in [3.63, 3.8) is 0 Å². The highest BCUT2D eigenvalue weighted by Gasteiger charge is 2.43. The Kier molecular flexibility index (Phi) is 3.48. The Labute approximate surface area is 99.7 Å². The van der Waals surface area contributed by atoms with Crippen LogP contribution in [0.2, 0.25) is 0 Å². The van der Waals surface area contributed by atoms with E-state index in [4.69, 9.17) is 5.11 Å². The lowest BCUT2D eigenvalue weighted by molar-refractivity contribution is 0.0101. The normalized spacial score (nSPS) is 32.9. The molecule has 4 atom stereocenters. The molecule has 0 radical (unpaired) electrons. The van der Waals surface area contributed by atoms with Crippen molar-refractivity contribution in [3.05, 3.63) is 28.7 Å². The molecule has 0 amide bonds. The Morgan fingerprint density at radius 3 is 2.71 bits per heavy atom. The highest BCUT2D eigenvalue weighted by Crippen LogP contribution is 2.40. The number of rotatable bonds is 2. The van der Waals surface area contributed by atoms with Crippen LogP contribution in [0.25, 0.3) is 0 Å². The Morgan fingerprint density at radius 2 is 2.18 bits per heavy atom. The summed E-state index contributed by atoms with van der Waals surface area (Å²) >= 11 is 1.05. The molecule has 17 heavy (non-hydrogen) atoms. The Morgan fingerprint density at radius 1 is 1.47 bits per heavy atom. The lowest BCUT2D eigenvalue weighted by Crippen LogP contribution is -2.36. The number of aromatic nitrogens is 2. The van der Waals surface area contributed by atoms with Gasteiger partial charge in [0.15, 0.2) is 0 Å². The quantitative estimate of drug-likeness (QED) is 0.574. The summed E-state index contributed by atoms with van der Waals surface area (Å²) in [5.74, 6) is -0.900. The molecule has 3 N–H and O–H groups in total. The molecule has 6 nitrogen and oxygen atoms in total. The number of hydrogen-bond acceptors (Lipinski definition) is 6. The first kappa shape index (κ1) is 12.5. The molecule has 8 heteroatoms. The van der Waals surface area contributed by atoms with Crippen LogP contribution in [-0.4, -0.2) is 48.9 Å². The number of hydrogen-bond donors (Lipinski definition) is 3. The van der Waals surface area contributed by atoms with Crippen LogP contribution in [0.5, 0.6) is 0 Å². The lowest BCUT2D eigenvalue weighted by Gasteiger charge is -2.17. The molecule has 1 unspecified atom stereocenters. The van der Waals surface area contributed by atoms with Crippen LogP contribution in [0.15, 0.2) is 17.1 Å². The van der Waals surface area contributed by atoms with E-state index in [-0.39, 0.29) is 6.61 Å². The first-order valence-corrected chi connectivity index (χ1v) is 5.86. The monoisotopic (exact) mass is 262 g/mol. The zero-order valence-electron chi connectivity index (χ0n) is 8.60. The smallest absolute Gasteiger partial charge is 0.351 e. The summed E-state index contributed by atoms with van der Waals surface area (Å²) in [6.07, 6.45) is -1.17. The third-order valence-corrected chi connectivity index (χ3v) is 4.15. The zero-order valence-corrected chi connectivity index (χ0v) is 9.42. The van der Waals surface area contributed by atoms with E-state index in [0.29, 0.717) is 0 Å². The van der Waals surface area contributed by atoms with E-state index in [1.165, 1.54) is 0 Å². The highest BCUT2D eigenvalue weighted by atomic mass is 32.2. The number of aliphatic hydroxyl groups is 3. The van der Waals surface area contributed by atoms with Gasteiger partial charge in [0.25, 0.3) is 0 Å². The third-order valence-electron chi connectivity index (χ3n) is 2.59. The second kappa shape index (κ2) is 4.73. The van der Waals surface area contributed by atoms with Gasteiger partial charge in [-0.15, -0.1) is 11.8 Å². The van der Waals surface area contributed by atoms with Gasteiger partial charge in [-0.2, -0.15) is 9.37 Å². The first-order chi connectivity index (χ1) is 8.04. The van der Waals surface area contributed by atoms with Crippen molar-refractivity contribution in [1.29, 1.82) is 0 Å². The summed E-state index contributed by atoms with van der Waals surface area (Å²) in [5.41, 5.74) is -0.840. The fourth-order valence-corrected chi connectivity index (χ4v) is 3.08. The maximum atomic E-state index is 12.7. The van der Waals surface area contributed by atoms with Crippen molar-refractivity contribution in [1.82, 2.24) is 9.55 Å².